The molecule has 1 nitrogen and oxygen atoms in total. The second-order valence-electron chi connectivity index (χ2n) is 2.37. The fourth-order valence-electron chi connectivity index (χ4n) is 0. The Hall–Kier alpha value is 0.390. The Morgan fingerprint density at radius 1 is 1.17 bits per heavy atom. The summed E-state index contributed by atoms with van der Waals surface area (Å²) < 4.78 is 0. The van der Waals surface area contributed by atoms with E-state index in [1.165, 1.54) is 0 Å². The van der Waals surface area contributed by atoms with Crippen molar-refractivity contribution in [3.8, 4) is 0 Å². The van der Waals surface area contributed by atoms with Crippen LogP contribution in [-0.4, -0.2) is 5.16 Å². The number of hydrogen-bond donors (Lipinski definition) is 1. The van der Waals surface area contributed by atoms with Crippen LogP contribution in [0.4, 0.5) is 0 Å². The molecule has 0 aliphatic carbocycles. The first kappa shape index (κ1) is 9.63. The molecule has 6 heavy (non-hydrogen) atoms. The average Bonchev–Trinajstić information content (AvgIpc) is 0.722. The van der Waals surface area contributed by atoms with Crippen molar-refractivity contribution in [2.24, 2.45) is 0 Å². The Kier molecular flexibility index (Phi) is 4.08. The van der Waals surface area contributed by atoms with Gasteiger partial charge in [0.25, 0.3) is 0 Å². The molecular weight excluding hydrogens is 93.0 g/mol. The summed E-state index contributed by atoms with van der Waals surface area (Å²) in [6.45, 7) is 6.45. The monoisotopic (exact) mass is 107 g/mol. The van der Waals surface area contributed by atoms with Gasteiger partial charge in [-0.2, -0.15) is 0 Å². The lowest BCUT2D eigenvalue weighted by Gasteiger charge is -2.05. The highest BCUT2D eigenvalue weighted by molar-refractivity contribution is 7.18. The van der Waals surface area contributed by atoms with Crippen molar-refractivity contribution in [1.82, 2.24) is 6.15 Å². The van der Waals surface area contributed by atoms with Crippen molar-refractivity contribution >= 4 is 9.24 Å². The van der Waals surface area contributed by atoms with Gasteiger partial charge >= 0.3 is 0 Å². The van der Waals surface area contributed by atoms with E-state index in [2.05, 4.69) is 30.0 Å². The van der Waals surface area contributed by atoms with Crippen LogP contribution in [0.1, 0.15) is 20.8 Å². The average molecular weight is 107 g/mol. The maximum absolute atomic E-state index is 2.72. The van der Waals surface area contributed by atoms with Crippen LogP contribution >= 0.6 is 9.24 Å². The summed E-state index contributed by atoms with van der Waals surface area (Å²) in [7, 11) is 2.72. The molecule has 0 amide bonds. The van der Waals surface area contributed by atoms with Crippen LogP contribution in [0.2, 0.25) is 0 Å². The first-order chi connectivity index (χ1) is 2.00. The summed E-state index contributed by atoms with van der Waals surface area (Å²) in [5.74, 6) is 0. The zero-order valence-electron chi connectivity index (χ0n) is 4.78. The molecule has 0 aromatic carbocycles. The first-order valence-electron chi connectivity index (χ1n) is 1.79. The summed E-state index contributed by atoms with van der Waals surface area (Å²) in [5, 5.41) is 0.417. The molecule has 0 rings (SSSR count). The molecule has 0 aliphatic rings. The minimum absolute atomic E-state index is 0. The third-order valence-corrected chi connectivity index (χ3v) is 0. The molecule has 0 heterocycles. The van der Waals surface area contributed by atoms with Crippen LogP contribution in [0.15, 0.2) is 0 Å². The quantitative estimate of drug-likeness (QED) is 0.471. The minimum Gasteiger partial charge on any atom is -0.344 e. The third kappa shape index (κ3) is 332. The predicted molar refractivity (Wildman–Crippen MR) is 34.5 cm³/mol. The lowest BCUT2D eigenvalue weighted by molar-refractivity contribution is 0.804. The minimum atomic E-state index is 0. The summed E-state index contributed by atoms with van der Waals surface area (Å²) in [6.07, 6.45) is 0. The lowest BCUT2D eigenvalue weighted by atomic mass is 10.3. The van der Waals surface area contributed by atoms with Gasteiger partial charge in [-0.25, -0.2) is 0 Å². The molecular formula is C4H14NP. The van der Waals surface area contributed by atoms with Crippen LogP contribution < -0.4 is 6.15 Å². The molecule has 3 N–H and O–H groups in total. The molecule has 2 heteroatoms. The maximum atomic E-state index is 2.72. The number of hydrogen-bond acceptors (Lipinski definition) is 1. The SMILES string of the molecule is CC(C)(C)P.N. The van der Waals surface area contributed by atoms with Crippen LogP contribution in [0.25, 0.3) is 0 Å². The van der Waals surface area contributed by atoms with Gasteiger partial charge in [0.05, 0.1) is 0 Å². The molecule has 0 bridgehead atoms. The molecule has 0 saturated carbocycles. The zero-order valence-corrected chi connectivity index (χ0v) is 5.94. The van der Waals surface area contributed by atoms with Crippen LogP contribution in [0.3, 0.4) is 0 Å². The van der Waals surface area contributed by atoms with E-state index in [0.29, 0.717) is 5.16 Å². The molecule has 1 unspecified atom stereocenters. The normalized spacial score (nSPS) is 10.0. The second kappa shape index (κ2) is 2.54. The first-order valence-corrected chi connectivity index (χ1v) is 2.37. The molecule has 40 valence electrons. The van der Waals surface area contributed by atoms with Gasteiger partial charge < -0.3 is 6.15 Å². The van der Waals surface area contributed by atoms with Gasteiger partial charge in [-0.05, 0) is 5.16 Å². The highest BCUT2D eigenvalue weighted by atomic mass is 31.0. The van der Waals surface area contributed by atoms with Gasteiger partial charge in [0.15, 0.2) is 0 Å². The molecule has 0 aromatic rings. The molecule has 0 aromatic heterocycles. The summed E-state index contributed by atoms with van der Waals surface area (Å²) >= 11 is 0. The molecule has 0 radical (unpaired) electrons. The standard InChI is InChI=1S/C4H11P.H3N/c1-4(2,3)5;/h5H2,1-3H3;1H3. The van der Waals surface area contributed by atoms with Crippen molar-refractivity contribution < 1.29 is 0 Å². The highest BCUT2D eigenvalue weighted by Crippen LogP contribution is 2.12. The van der Waals surface area contributed by atoms with E-state index in [-0.39, 0.29) is 6.15 Å². The summed E-state index contributed by atoms with van der Waals surface area (Å²) in [6, 6.07) is 0. The molecule has 1 atom stereocenters. The maximum Gasteiger partial charge on any atom is -0.0235 e. The third-order valence-electron chi connectivity index (χ3n) is 0. The zero-order chi connectivity index (χ0) is 4.50. The Labute approximate surface area is 42.3 Å². The molecule has 0 aliphatic heterocycles. The Morgan fingerprint density at radius 3 is 1.17 bits per heavy atom. The van der Waals surface area contributed by atoms with E-state index in [4.69, 9.17) is 0 Å². The van der Waals surface area contributed by atoms with Gasteiger partial charge in [-0.15, -0.1) is 9.24 Å². The summed E-state index contributed by atoms with van der Waals surface area (Å²) in [4.78, 5) is 0. The van der Waals surface area contributed by atoms with Crippen LogP contribution in [-0.2, 0) is 0 Å². The van der Waals surface area contributed by atoms with E-state index < -0.39 is 0 Å². The highest BCUT2D eigenvalue weighted by Gasteiger charge is 1.95. The fourth-order valence-corrected chi connectivity index (χ4v) is 0. The summed E-state index contributed by atoms with van der Waals surface area (Å²) in [5.41, 5.74) is 0. The molecule has 0 fully saturated rings. The topological polar surface area (TPSA) is 35.0 Å². The second-order valence-corrected chi connectivity index (χ2v) is 4.10. The van der Waals surface area contributed by atoms with Crippen LogP contribution in [0.5, 0.6) is 0 Å². The van der Waals surface area contributed by atoms with Crippen molar-refractivity contribution in [3.63, 3.8) is 0 Å². The smallest absolute Gasteiger partial charge is 0.0235 e. The van der Waals surface area contributed by atoms with Gasteiger partial charge in [-0.3, -0.25) is 0 Å². The Balaban J connectivity index is 0. The Morgan fingerprint density at radius 2 is 1.17 bits per heavy atom. The van der Waals surface area contributed by atoms with Gasteiger partial charge in [0.2, 0.25) is 0 Å². The van der Waals surface area contributed by atoms with E-state index in [1.54, 1.807) is 0 Å². The van der Waals surface area contributed by atoms with Crippen molar-refractivity contribution in [1.29, 1.82) is 0 Å². The fraction of sp³-hybridized carbons (Fsp3) is 1.00. The van der Waals surface area contributed by atoms with Gasteiger partial charge in [0.1, 0.15) is 0 Å². The van der Waals surface area contributed by atoms with Crippen LogP contribution in [0, 0.1) is 0 Å². The van der Waals surface area contributed by atoms with Crippen molar-refractivity contribution in [2.75, 3.05) is 0 Å². The van der Waals surface area contributed by atoms with E-state index >= 15 is 0 Å². The molecule has 0 spiro atoms. The number of rotatable bonds is 0. The van der Waals surface area contributed by atoms with Crippen molar-refractivity contribution in [3.05, 3.63) is 0 Å². The Bertz CT molecular complexity index is 23.0. The van der Waals surface area contributed by atoms with E-state index in [9.17, 15) is 0 Å². The molecule has 0 saturated heterocycles. The van der Waals surface area contributed by atoms with E-state index in [1.807, 2.05) is 0 Å². The van der Waals surface area contributed by atoms with Gasteiger partial charge in [-0.1, -0.05) is 20.8 Å². The van der Waals surface area contributed by atoms with E-state index in [0.717, 1.165) is 0 Å². The van der Waals surface area contributed by atoms with Gasteiger partial charge in [0, 0.05) is 0 Å². The largest absolute Gasteiger partial charge is 0.344 e. The predicted octanol–water partition coefficient (Wildman–Crippen LogP) is 1.82. The van der Waals surface area contributed by atoms with Crippen molar-refractivity contribution in [2.45, 2.75) is 25.9 Å². The lowest BCUT2D eigenvalue weighted by Crippen LogP contribution is -1.97.